The molecule has 0 aromatic heterocycles. The van der Waals surface area contributed by atoms with E-state index in [9.17, 15) is 14.9 Å². The lowest BCUT2D eigenvalue weighted by atomic mass is 10.1. The van der Waals surface area contributed by atoms with Crippen molar-refractivity contribution in [2.45, 2.75) is 52.7 Å². The third kappa shape index (κ3) is 4.52. The zero-order chi connectivity index (χ0) is 19.4. The Kier molecular flexibility index (Phi) is 6.58. The Balaban J connectivity index is 1.96. The van der Waals surface area contributed by atoms with Crippen LogP contribution in [-0.4, -0.2) is 64.9 Å². The summed E-state index contributed by atoms with van der Waals surface area (Å²) in [6.45, 7) is 13.4. The SMILES string of the molecule is CC(C(=O)N(C(C)C)C(C)C)N1CCN(c2ccc([N+](=O)[O-])cc2)CC1. The van der Waals surface area contributed by atoms with Gasteiger partial charge in [-0.3, -0.25) is 19.8 Å². The average Bonchev–Trinajstić information content (AvgIpc) is 2.60. The molecule has 1 saturated heterocycles. The Morgan fingerprint density at radius 1 is 1.00 bits per heavy atom. The second kappa shape index (κ2) is 8.49. The van der Waals surface area contributed by atoms with Crippen molar-refractivity contribution in [3.8, 4) is 0 Å². The van der Waals surface area contributed by atoms with Gasteiger partial charge in [0.2, 0.25) is 5.91 Å². The highest BCUT2D eigenvalue weighted by Gasteiger charge is 2.31. The largest absolute Gasteiger partial charge is 0.369 e. The molecule has 1 fully saturated rings. The summed E-state index contributed by atoms with van der Waals surface area (Å²) in [5.74, 6) is 0.179. The molecule has 0 spiro atoms. The van der Waals surface area contributed by atoms with Gasteiger partial charge in [0.15, 0.2) is 0 Å². The Bertz CT molecular complexity index is 614. The molecule has 0 N–H and O–H groups in total. The van der Waals surface area contributed by atoms with E-state index in [0.717, 1.165) is 31.9 Å². The molecule has 1 aromatic carbocycles. The number of hydrogen-bond acceptors (Lipinski definition) is 5. The standard InChI is InChI=1S/C19H30N4O3/c1-14(2)22(15(3)4)19(24)16(5)20-10-12-21(13-11-20)17-6-8-18(9-7-17)23(25)26/h6-9,14-16H,10-13H2,1-5H3. The number of rotatable bonds is 6. The predicted molar refractivity (Wildman–Crippen MR) is 103 cm³/mol. The van der Waals surface area contributed by atoms with Crippen LogP contribution in [0.1, 0.15) is 34.6 Å². The Morgan fingerprint density at radius 3 is 1.92 bits per heavy atom. The van der Waals surface area contributed by atoms with Crippen LogP contribution in [0.3, 0.4) is 0 Å². The maximum atomic E-state index is 12.9. The van der Waals surface area contributed by atoms with Gasteiger partial charge in [0.05, 0.1) is 11.0 Å². The molecule has 2 rings (SSSR count). The molecule has 1 unspecified atom stereocenters. The number of carbonyl (C=O) groups is 1. The number of carbonyl (C=O) groups excluding carboxylic acids is 1. The third-order valence-electron chi connectivity index (χ3n) is 5.01. The van der Waals surface area contributed by atoms with Crippen LogP contribution in [0.5, 0.6) is 0 Å². The van der Waals surface area contributed by atoms with Crippen molar-refractivity contribution in [1.29, 1.82) is 0 Å². The monoisotopic (exact) mass is 362 g/mol. The summed E-state index contributed by atoms with van der Waals surface area (Å²) >= 11 is 0. The number of amides is 1. The molecule has 0 radical (unpaired) electrons. The number of hydrogen-bond donors (Lipinski definition) is 0. The van der Waals surface area contributed by atoms with Gasteiger partial charge < -0.3 is 9.80 Å². The third-order valence-corrected chi connectivity index (χ3v) is 5.01. The number of nitro groups is 1. The van der Waals surface area contributed by atoms with Crippen LogP contribution in [0.2, 0.25) is 0 Å². The molecule has 0 aliphatic carbocycles. The first kappa shape index (κ1) is 20.2. The molecule has 1 aliphatic rings. The number of anilines is 1. The summed E-state index contributed by atoms with van der Waals surface area (Å²) < 4.78 is 0. The highest BCUT2D eigenvalue weighted by atomic mass is 16.6. The van der Waals surface area contributed by atoms with Crippen LogP contribution >= 0.6 is 0 Å². The van der Waals surface area contributed by atoms with Crippen LogP contribution in [-0.2, 0) is 4.79 Å². The van der Waals surface area contributed by atoms with Gasteiger partial charge in [0.25, 0.3) is 5.69 Å². The Hall–Kier alpha value is -2.15. The van der Waals surface area contributed by atoms with E-state index in [1.54, 1.807) is 12.1 Å². The normalized spacial score (nSPS) is 16.8. The molecule has 7 heteroatoms. The summed E-state index contributed by atoms with van der Waals surface area (Å²) in [5.41, 5.74) is 1.09. The fourth-order valence-corrected chi connectivity index (χ4v) is 3.63. The summed E-state index contributed by atoms with van der Waals surface area (Å²) in [6, 6.07) is 6.90. The first-order valence-corrected chi connectivity index (χ1v) is 9.28. The van der Waals surface area contributed by atoms with Crippen molar-refractivity contribution in [3.63, 3.8) is 0 Å². The summed E-state index contributed by atoms with van der Waals surface area (Å²) in [6.07, 6.45) is 0. The highest BCUT2D eigenvalue weighted by Crippen LogP contribution is 2.21. The first-order chi connectivity index (χ1) is 12.2. The van der Waals surface area contributed by atoms with Crippen molar-refractivity contribution in [2.24, 2.45) is 0 Å². The lowest BCUT2D eigenvalue weighted by Gasteiger charge is -2.41. The lowest BCUT2D eigenvalue weighted by Crippen LogP contribution is -2.56. The molecule has 144 valence electrons. The fraction of sp³-hybridized carbons (Fsp3) is 0.632. The fourth-order valence-electron chi connectivity index (χ4n) is 3.63. The average molecular weight is 362 g/mol. The number of nitrogens with zero attached hydrogens (tertiary/aromatic N) is 4. The van der Waals surface area contributed by atoms with Gasteiger partial charge >= 0.3 is 0 Å². The van der Waals surface area contributed by atoms with E-state index in [1.165, 1.54) is 12.1 Å². The highest BCUT2D eigenvalue weighted by molar-refractivity contribution is 5.82. The molecule has 1 aromatic rings. The summed E-state index contributed by atoms with van der Waals surface area (Å²) in [7, 11) is 0. The smallest absolute Gasteiger partial charge is 0.269 e. The summed E-state index contributed by atoms with van der Waals surface area (Å²) in [4.78, 5) is 29.7. The van der Waals surface area contributed by atoms with Gasteiger partial charge in [-0.15, -0.1) is 0 Å². The van der Waals surface area contributed by atoms with Crippen LogP contribution < -0.4 is 4.90 Å². The van der Waals surface area contributed by atoms with Gasteiger partial charge in [-0.1, -0.05) is 0 Å². The van der Waals surface area contributed by atoms with Crippen molar-refractivity contribution in [3.05, 3.63) is 34.4 Å². The molecule has 26 heavy (non-hydrogen) atoms. The first-order valence-electron chi connectivity index (χ1n) is 9.28. The van der Waals surface area contributed by atoms with Crippen LogP contribution in [0.4, 0.5) is 11.4 Å². The van der Waals surface area contributed by atoms with E-state index >= 15 is 0 Å². The zero-order valence-corrected chi connectivity index (χ0v) is 16.4. The maximum Gasteiger partial charge on any atom is 0.269 e. The van der Waals surface area contributed by atoms with Crippen molar-refractivity contribution < 1.29 is 9.72 Å². The molecule has 1 amide bonds. The van der Waals surface area contributed by atoms with Crippen LogP contribution in [0.15, 0.2) is 24.3 Å². The van der Waals surface area contributed by atoms with Crippen molar-refractivity contribution in [1.82, 2.24) is 9.80 Å². The number of piperazine rings is 1. The molecule has 1 heterocycles. The zero-order valence-electron chi connectivity index (χ0n) is 16.4. The van der Waals surface area contributed by atoms with Gasteiger partial charge in [0.1, 0.15) is 0 Å². The predicted octanol–water partition coefficient (Wildman–Crippen LogP) is 2.75. The molecule has 1 aliphatic heterocycles. The number of non-ortho nitro benzene ring substituents is 1. The number of nitro benzene ring substituents is 1. The second-order valence-electron chi connectivity index (χ2n) is 7.41. The Labute approximate surface area is 155 Å². The summed E-state index contributed by atoms with van der Waals surface area (Å²) in [5, 5.41) is 10.8. The van der Waals surface area contributed by atoms with Gasteiger partial charge in [-0.25, -0.2) is 0 Å². The van der Waals surface area contributed by atoms with Gasteiger partial charge in [0, 0.05) is 56.1 Å². The minimum absolute atomic E-state index is 0.106. The number of benzene rings is 1. The molecule has 1 atom stereocenters. The molecule has 7 nitrogen and oxygen atoms in total. The van der Waals surface area contributed by atoms with E-state index < -0.39 is 0 Å². The maximum absolute atomic E-state index is 12.9. The minimum atomic E-state index is -0.385. The van der Waals surface area contributed by atoms with Gasteiger partial charge in [-0.2, -0.15) is 0 Å². The molecule has 0 saturated carbocycles. The van der Waals surface area contributed by atoms with Crippen molar-refractivity contribution in [2.75, 3.05) is 31.1 Å². The molecular formula is C19H30N4O3. The van der Waals surface area contributed by atoms with E-state index in [0.29, 0.717) is 0 Å². The molecule has 0 bridgehead atoms. The van der Waals surface area contributed by atoms with Crippen LogP contribution in [0.25, 0.3) is 0 Å². The van der Waals surface area contributed by atoms with E-state index in [1.807, 2.05) is 11.8 Å². The minimum Gasteiger partial charge on any atom is -0.369 e. The quantitative estimate of drug-likeness (QED) is 0.575. The lowest BCUT2D eigenvalue weighted by molar-refractivity contribution is -0.384. The topological polar surface area (TPSA) is 69.9 Å². The Morgan fingerprint density at radius 2 is 1.50 bits per heavy atom. The van der Waals surface area contributed by atoms with Gasteiger partial charge in [-0.05, 0) is 46.8 Å². The van der Waals surface area contributed by atoms with E-state index in [-0.39, 0.29) is 34.6 Å². The van der Waals surface area contributed by atoms with E-state index in [2.05, 4.69) is 37.5 Å². The van der Waals surface area contributed by atoms with E-state index in [4.69, 9.17) is 0 Å². The molecular weight excluding hydrogens is 332 g/mol. The van der Waals surface area contributed by atoms with Crippen LogP contribution in [0, 0.1) is 10.1 Å². The van der Waals surface area contributed by atoms with Crippen molar-refractivity contribution >= 4 is 17.3 Å². The second-order valence-corrected chi connectivity index (χ2v) is 7.41.